The third kappa shape index (κ3) is 2.26. The molecule has 1 aromatic carbocycles. The molecule has 1 aliphatic carbocycles. The Labute approximate surface area is 103 Å². The van der Waals surface area contributed by atoms with Crippen LogP contribution < -0.4 is 10.1 Å². The summed E-state index contributed by atoms with van der Waals surface area (Å²) >= 11 is 0. The lowest BCUT2D eigenvalue weighted by molar-refractivity contribution is 0.168. The SMILES string of the molecule is CC1(COc2ccc3c(c2)NCC3)CCCC1. The van der Waals surface area contributed by atoms with Crippen molar-refractivity contribution in [3.63, 3.8) is 0 Å². The smallest absolute Gasteiger partial charge is 0.121 e. The Morgan fingerprint density at radius 3 is 2.94 bits per heavy atom. The van der Waals surface area contributed by atoms with Crippen LogP contribution in [0.4, 0.5) is 5.69 Å². The van der Waals surface area contributed by atoms with E-state index in [4.69, 9.17) is 4.74 Å². The molecule has 0 atom stereocenters. The van der Waals surface area contributed by atoms with Crippen molar-refractivity contribution in [3.8, 4) is 5.75 Å². The maximum absolute atomic E-state index is 5.98. The van der Waals surface area contributed by atoms with Crippen LogP contribution in [0.15, 0.2) is 18.2 Å². The van der Waals surface area contributed by atoms with Gasteiger partial charge in [-0.05, 0) is 30.9 Å². The second-order valence-corrected chi connectivity index (χ2v) is 5.80. The molecule has 0 spiro atoms. The standard InChI is InChI=1S/C15H21NO/c1-15(7-2-3-8-15)11-17-13-5-4-12-6-9-16-14(12)10-13/h4-5,10,16H,2-3,6-9,11H2,1H3. The molecule has 92 valence electrons. The van der Waals surface area contributed by atoms with E-state index in [1.165, 1.54) is 36.9 Å². The Morgan fingerprint density at radius 2 is 2.12 bits per heavy atom. The summed E-state index contributed by atoms with van der Waals surface area (Å²) in [5, 5.41) is 3.40. The molecule has 0 unspecified atom stereocenters. The lowest BCUT2D eigenvalue weighted by atomic mass is 9.90. The second kappa shape index (κ2) is 4.25. The minimum absolute atomic E-state index is 0.409. The first kappa shape index (κ1) is 10.9. The third-order valence-electron chi connectivity index (χ3n) is 4.19. The van der Waals surface area contributed by atoms with Crippen LogP contribution in [0.5, 0.6) is 5.75 Å². The minimum atomic E-state index is 0.409. The monoisotopic (exact) mass is 231 g/mol. The van der Waals surface area contributed by atoms with Crippen molar-refractivity contribution in [1.82, 2.24) is 0 Å². The van der Waals surface area contributed by atoms with Crippen molar-refractivity contribution < 1.29 is 4.74 Å². The largest absolute Gasteiger partial charge is 0.493 e. The highest BCUT2D eigenvalue weighted by Crippen LogP contribution is 2.38. The molecule has 0 saturated heterocycles. The van der Waals surface area contributed by atoms with Gasteiger partial charge in [-0.1, -0.05) is 25.8 Å². The first-order valence-electron chi connectivity index (χ1n) is 6.75. The predicted molar refractivity (Wildman–Crippen MR) is 70.7 cm³/mol. The molecular formula is C15H21NO. The van der Waals surface area contributed by atoms with Crippen molar-refractivity contribution in [2.75, 3.05) is 18.5 Å². The van der Waals surface area contributed by atoms with Crippen LogP contribution in [-0.4, -0.2) is 13.2 Å². The molecule has 1 N–H and O–H groups in total. The number of hydrogen-bond acceptors (Lipinski definition) is 2. The fraction of sp³-hybridized carbons (Fsp3) is 0.600. The molecule has 1 aliphatic heterocycles. The molecule has 1 saturated carbocycles. The molecule has 0 aromatic heterocycles. The van der Waals surface area contributed by atoms with E-state index in [9.17, 15) is 0 Å². The third-order valence-corrected chi connectivity index (χ3v) is 4.19. The molecule has 1 fully saturated rings. The van der Waals surface area contributed by atoms with E-state index in [0.29, 0.717) is 5.41 Å². The van der Waals surface area contributed by atoms with Gasteiger partial charge in [0.1, 0.15) is 5.75 Å². The van der Waals surface area contributed by atoms with Gasteiger partial charge < -0.3 is 10.1 Å². The Bertz CT molecular complexity index is 407. The molecule has 2 nitrogen and oxygen atoms in total. The van der Waals surface area contributed by atoms with Gasteiger partial charge >= 0.3 is 0 Å². The van der Waals surface area contributed by atoms with Crippen molar-refractivity contribution in [2.45, 2.75) is 39.0 Å². The number of fused-ring (bicyclic) bond motifs is 1. The van der Waals surface area contributed by atoms with E-state index in [1.807, 2.05) is 0 Å². The summed E-state index contributed by atoms with van der Waals surface area (Å²) in [7, 11) is 0. The highest BCUT2D eigenvalue weighted by Gasteiger charge is 2.29. The van der Waals surface area contributed by atoms with Gasteiger partial charge in [-0.3, -0.25) is 0 Å². The van der Waals surface area contributed by atoms with Gasteiger partial charge in [-0.25, -0.2) is 0 Å². The van der Waals surface area contributed by atoms with Gasteiger partial charge in [0.25, 0.3) is 0 Å². The number of hydrogen-bond donors (Lipinski definition) is 1. The van der Waals surface area contributed by atoms with E-state index >= 15 is 0 Å². The zero-order chi connectivity index (χ0) is 11.7. The molecule has 3 rings (SSSR count). The summed E-state index contributed by atoms with van der Waals surface area (Å²) in [5.74, 6) is 1.02. The first-order chi connectivity index (χ1) is 8.25. The Hall–Kier alpha value is -1.18. The summed E-state index contributed by atoms with van der Waals surface area (Å²) in [6, 6.07) is 6.46. The number of benzene rings is 1. The van der Waals surface area contributed by atoms with Crippen LogP contribution >= 0.6 is 0 Å². The Morgan fingerprint density at radius 1 is 1.29 bits per heavy atom. The fourth-order valence-corrected chi connectivity index (χ4v) is 2.99. The molecule has 1 aromatic rings. The van der Waals surface area contributed by atoms with Crippen molar-refractivity contribution >= 4 is 5.69 Å². The molecule has 17 heavy (non-hydrogen) atoms. The average Bonchev–Trinajstić information content (AvgIpc) is 2.95. The Balaban J connectivity index is 1.65. The molecule has 2 aliphatic rings. The topological polar surface area (TPSA) is 21.3 Å². The normalized spacial score (nSPS) is 21.0. The average molecular weight is 231 g/mol. The van der Waals surface area contributed by atoms with Crippen LogP contribution in [0.25, 0.3) is 0 Å². The van der Waals surface area contributed by atoms with Gasteiger partial charge in [-0.15, -0.1) is 0 Å². The van der Waals surface area contributed by atoms with Gasteiger partial charge in [-0.2, -0.15) is 0 Å². The van der Waals surface area contributed by atoms with E-state index in [0.717, 1.165) is 25.3 Å². The summed E-state index contributed by atoms with van der Waals surface area (Å²) in [4.78, 5) is 0. The quantitative estimate of drug-likeness (QED) is 0.858. The van der Waals surface area contributed by atoms with E-state index < -0.39 is 0 Å². The highest BCUT2D eigenvalue weighted by atomic mass is 16.5. The van der Waals surface area contributed by atoms with Crippen LogP contribution in [0.1, 0.15) is 38.2 Å². The molecular weight excluding hydrogens is 210 g/mol. The van der Waals surface area contributed by atoms with Crippen LogP contribution in [0.3, 0.4) is 0 Å². The van der Waals surface area contributed by atoms with E-state index in [-0.39, 0.29) is 0 Å². The summed E-state index contributed by atoms with van der Waals surface area (Å²) in [6.07, 6.45) is 6.51. The number of nitrogens with one attached hydrogen (secondary N) is 1. The fourth-order valence-electron chi connectivity index (χ4n) is 2.99. The summed E-state index contributed by atoms with van der Waals surface area (Å²) in [5.41, 5.74) is 3.09. The lowest BCUT2D eigenvalue weighted by Crippen LogP contribution is -2.21. The summed E-state index contributed by atoms with van der Waals surface area (Å²) < 4.78 is 5.98. The van der Waals surface area contributed by atoms with Gasteiger partial charge in [0, 0.05) is 23.7 Å². The predicted octanol–water partition coefficient (Wildman–Crippen LogP) is 3.61. The maximum atomic E-state index is 5.98. The molecule has 0 bridgehead atoms. The van der Waals surface area contributed by atoms with Crippen molar-refractivity contribution in [3.05, 3.63) is 23.8 Å². The number of anilines is 1. The van der Waals surface area contributed by atoms with E-state index in [1.54, 1.807) is 0 Å². The molecule has 0 amide bonds. The zero-order valence-corrected chi connectivity index (χ0v) is 10.6. The molecule has 1 heterocycles. The minimum Gasteiger partial charge on any atom is -0.493 e. The summed E-state index contributed by atoms with van der Waals surface area (Å²) in [6.45, 7) is 4.29. The number of ether oxygens (including phenoxy) is 1. The van der Waals surface area contributed by atoms with Gasteiger partial charge in [0.05, 0.1) is 6.61 Å². The maximum Gasteiger partial charge on any atom is 0.121 e. The first-order valence-corrected chi connectivity index (χ1v) is 6.75. The van der Waals surface area contributed by atoms with Crippen LogP contribution in [-0.2, 0) is 6.42 Å². The van der Waals surface area contributed by atoms with Crippen LogP contribution in [0.2, 0.25) is 0 Å². The Kier molecular flexibility index (Phi) is 2.73. The number of rotatable bonds is 3. The zero-order valence-electron chi connectivity index (χ0n) is 10.6. The van der Waals surface area contributed by atoms with Crippen molar-refractivity contribution in [1.29, 1.82) is 0 Å². The van der Waals surface area contributed by atoms with Crippen molar-refractivity contribution in [2.24, 2.45) is 5.41 Å². The highest BCUT2D eigenvalue weighted by molar-refractivity contribution is 5.58. The molecule has 0 radical (unpaired) electrons. The van der Waals surface area contributed by atoms with E-state index in [2.05, 4.69) is 30.4 Å². The second-order valence-electron chi connectivity index (χ2n) is 5.80. The van der Waals surface area contributed by atoms with Crippen LogP contribution in [0, 0.1) is 5.41 Å². The van der Waals surface area contributed by atoms with Gasteiger partial charge in [0.2, 0.25) is 0 Å². The molecule has 2 heteroatoms. The van der Waals surface area contributed by atoms with Gasteiger partial charge in [0.15, 0.2) is 0 Å². The lowest BCUT2D eigenvalue weighted by Gasteiger charge is -2.23.